The summed E-state index contributed by atoms with van der Waals surface area (Å²) in [5.41, 5.74) is 3.21. The Morgan fingerprint density at radius 2 is 1.66 bits per heavy atom. The number of hydrogen-bond acceptors (Lipinski definition) is 6. The molecule has 0 aliphatic carbocycles. The molecule has 10 heteroatoms. The second-order valence-electron chi connectivity index (χ2n) is 10.5. The largest absolute Gasteiger partial charge is 0.480 e. The van der Waals surface area contributed by atoms with Crippen molar-refractivity contribution in [3.63, 3.8) is 0 Å². The Bertz CT molecular complexity index is 1560. The lowest BCUT2D eigenvalue weighted by atomic mass is 9.99. The van der Waals surface area contributed by atoms with Crippen molar-refractivity contribution in [3.05, 3.63) is 94.7 Å². The molecule has 0 aliphatic rings. The number of nitrogens with zero attached hydrogens (tertiary/aromatic N) is 1. The van der Waals surface area contributed by atoms with Crippen LogP contribution >= 0.6 is 11.3 Å². The predicted octanol–water partition coefficient (Wildman–Crippen LogP) is 6.70. The molecule has 3 N–H and O–H groups in total. The number of benzene rings is 3. The van der Waals surface area contributed by atoms with Crippen molar-refractivity contribution in [2.45, 2.75) is 45.8 Å². The highest BCUT2D eigenvalue weighted by atomic mass is 32.1. The summed E-state index contributed by atoms with van der Waals surface area (Å²) < 4.78 is 20.3. The maximum absolute atomic E-state index is 15.1. The summed E-state index contributed by atoms with van der Waals surface area (Å²) in [4.78, 5) is 41.0. The van der Waals surface area contributed by atoms with Crippen molar-refractivity contribution in [1.82, 2.24) is 10.3 Å². The molecule has 1 heterocycles. The van der Waals surface area contributed by atoms with Gasteiger partial charge in [0.2, 0.25) is 0 Å². The highest BCUT2D eigenvalue weighted by Gasteiger charge is 2.23. The molecule has 0 saturated heterocycles. The van der Waals surface area contributed by atoms with Gasteiger partial charge in [-0.25, -0.2) is 19.0 Å². The first-order valence-electron chi connectivity index (χ1n) is 12.8. The molecule has 0 radical (unpaired) electrons. The van der Waals surface area contributed by atoms with E-state index in [2.05, 4.69) is 15.6 Å². The van der Waals surface area contributed by atoms with Crippen LogP contribution in [-0.2, 0) is 16.0 Å². The van der Waals surface area contributed by atoms with Crippen LogP contribution in [0.1, 0.15) is 42.4 Å². The van der Waals surface area contributed by atoms with Gasteiger partial charge >= 0.3 is 12.1 Å². The molecule has 0 fully saturated rings. The minimum absolute atomic E-state index is 0.114. The monoisotopic (exact) mass is 575 g/mol. The smallest absolute Gasteiger partial charge is 0.412 e. The molecule has 4 rings (SSSR count). The van der Waals surface area contributed by atoms with E-state index in [1.54, 1.807) is 62.5 Å². The number of aryl methyl sites for hydroxylation is 1. The maximum Gasteiger partial charge on any atom is 0.412 e. The maximum atomic E-state index is 15.1. The van der Waals surface area contributed by atoms with Gasteiger partial charge in [-0.2, -0.15) is 0 Å². The Hall–Kier alpha value is -4.57. The summed E-state index contributed by atoms with van der Waals surface area (Å²) in [5, 5.41) is 17.1. The van der Waals surface area contributed by atoms with Gasteiger partial charge in [0.15, 0.2) is 0 Å². The van der Waals surface area contributed by atoms with E-state index < -0.39 is 35.4 Å². The van der Waals surface area contributed by atoms with Gasteiger partial charge in [-0.3, -0.25) is 10.1 Å². The average molecular weight is 576 g/mol. The zero-order valence-electron chi connectivity index (χ0n) is 23.0. The van der Waals surface area contributed by atoms with Gasteiger partial charge in [-0.15, -0.1) is 11.3 Å². The number of rotatable bonds is 8. The molecule has 3 aromatic carbocycles. The van der Waals surface area contributed by atoms with E-state index in [1.165, 1.54) is 17.4 Å². The fourth-order valence-corrected chi connectivity index (χ4v) is 4.76. The van der Waals surface area contributed by atoms with Crippen LogP contribution in [0.2, 0.25) is 0 Å². The van der Waals surface area contributed by atoms with Crippen LogP contribution in [0.3, 0.4) is 0 Å². The molecule has 2 amide bonds. The third-order valence-corrected chi connectivity index (χ3v) is 6.84. The summed E-state index contributed by atoms with van der Waals surface area (Å²) >= 11 is 1.29. The topological polar surface area (TPSA) is 118 Å². The van der Waals surface area contributed by atoms with Crippen LogP contribution in [0, 0.1) is 12.7 Å². The number of aliphatic carboxylic acids is 1. The number of carbonyl (C=O) groups excluding carboxylic acids is 2. The molecule has 1 atom stereocenters. The highest BCUT2D eigenvalue weighted by molar-refractivity contribution is 7.13. The van der Waals surface area contributed by atoms with Gasteiger partial charge in [0.05, 0.1) is 0 Å². The minimum Gasteiger partial charge on any atom is -0.480 e. The molecule has 0 aliphatic heterocycles. The lowest BCUT2D eigenvalue weighted by Crippen LogP contribution is -2.42. The van der Waals surface area contributed by atoms with Crippen molar-refractivity contribution < 1.29 is 28.6 Å². The highest BCUT2D eigenvalue weighted by Crippen LogP contribution is 2.27. The number of carboxylic acids is 1. The van der Waals surface area contributed by atoms with Gasteiger partial charge < -0.3 is 15.2 Å². The molecule has 8 nitrogen and oxygen atoms in total. The quantitative estimate of drug-likeness (QED) is 0.215. The number of halogens is 1. The molecule has 212 valence electrons. The Labute approximate surface area is 241 Å². The van der Waals surface area contributed by atoms with Crippen LogP contribution in [0.25, 0.3) is 21.7 Å². The van der Waals surface area contributed by atoms with E-state index in [9.17, 15) is 19.5 Å². The van der Waals surface area contributed by atoms with E-state index in [-0.39, 0.29) is 12.1 Å². The molecular weight excluding hydrogens is 545 g/mol. The van der Waals surface area contributed by atoms with Gasteiger partial charge in [-0.1, -0.05) is 54.1 Å². The van der Waals surface area contributed by atoms with Crippen LogP contribution in [0.15, 0.2) is 72.1 Å². The third kappa shape index (κ3) is 7.98. The normalized spacial score (nSPS) is 11.9. The second kappa shape index (κ2) is 12.3. The summed E-state index contributed by atoms with van der Waals surface area (Å²) in [6.07, 6.45) is -0.714. The molecule has 0 unspecified atom stereocenters. The fourth-order valence-electron chi connectivity index (χ4n) is 3.95. The molecule has 4 aromatic rings. The summed E-state index contributed by atoms with van der Waals surface area (Å²) in [5.74, 6) is -2.41. The minimum atomic E-state index is -1.28. The van der Waals surface area contributed by atoms with Gasteiger partial charge in [-0.05, 0) is 57.0 Å². The van der Waals surface area contributed by atoms with E-state index >= 15 is 4.39 Å². The summed E-state index contributed by atoms with van der Waals surface area (Å²) in [7, 11) is 0. The van der Waals surface area contributed by atoms with E-state index in [1.807, 2.05) is 31.2 Å². The molecule has 0 saturated carbocycles. The first kappa shape index (κ1) is 29.4. The first-order chi connectivity index (χ1) is 19.4. The summed E-state index contributed by atoms with van der Waals surface area (Å²) in [6, 6.07) is 17.4. The van der Waals surface area contributed by atoms with E-state index in [0.29, 0.717) is 27.4 Å². The lowest BCUT2D eigenvalue weighted by Gasteiger charge is -2.19. The number of carbonyl (C=O) groups is 3. The lowest BCUT2D eigenvalue weighted by molar-refractivity contribution is -0.139. The van der Waals surface area contributed by atoms with Crippen LogP contribution in [0.5, 0.6) is 0 Å². The molecule has 1 aromatic heterocycles. The van der Waals surface area contributed by atoms with Crippen LogP contribution < -0.4 is 10.6 Å². The van der Waals surface area contributed by atoms with E-state index in [4.69, 9.17) is 4.74 Å². The van der Waals surface area contributed by atoms with Crippen molar-refractivity contribution >= 4 is 35.0 Å². The Morgan fingerprint density at radius 3 is 2.27 bits per heavy atom. The van der Waals surface area contributed by atoms with Crippen molar-refractivity contribution in [2.75, 3.05) is 5.32 Å². The zero-order valence-corrected chi connectivity index (χ0v) is 23.8. The molecular formula is C31H30FN3O5S. The number of anilines is 1. The van der Waals surface area contributed by atoms with Crippen molar-refractivity contribution in [2.24, 2.45) is 0 Å². The molecule has 41 heavy (non-hydrogen) atoms. The van der Waals surface area contributed by atoms with E-state index in [0.717, 1.165) is 11.1 Å². The third-order valence-electron chi connectivity index (χ3n) is 5.95. The van der Waals surface area contributed by atoms with Crippen LogP contribution in [-0.4, -0.2) is 39.7 Å². The second-order valence-corrected chi connectivity index (χ2v) is 11.3. The number of aromatic nitrogens is 1. The van der Waals surface area contributed by atoms with Crippen molar-refractivity contribution in [1.29, 1.82) is 0 Å². The van der Waals surface area contributed by atoms with Gasteiger partial charge in [0, 0.05) is 28.6 Å². The number of amides is 2. The number of hydrogen-bond donors (Lipinski definition) is 3. The summed E-state index contributed by atoms with van der Waals surface area (Å²) in [6.45, 7) is 7.26. The van der Waals surface area contributed by atoms with Crippen LogP contribution in [0.4, 0.5) is 14.9 Å². The predicted molar refractivity (Wildman–Crippen MR) is 157 cm³/mol. The van der Waals surface area contributed by atoms with Gasteiger partial charge in [0.1, 0.15) is 28.2 Å². The average Bonchev–Trinajstić information content (AvgIpc) is 3.39. The first-order valence-corrected chi connectivity index (χ1v) is 13.7. The Kier molecular flexibility index (Phi) is 8.83. The number of thiazole rings is 1. The zero-order chi connectivity index (χ0) is 29.7. The molecule has 0 bridgehead atoms. The fraction of sp³-hybridized carbons (Fsp3) is 0.226. The number of carboxylic acid groups (broad SMARTS) is 1. The number of ether oxygens (including phenoxy) is 1. The van der Waals surface area contributed by atoms with Crippen molar-refractivity contribution in [3.8, 4) is 21.7 Å². The Balaban J connectivity index is 1.41. The Morgan fingerprint density at radius 1 is 1.00 bits per heavy atom. The molecule has 0 spiro atoms. The standard InChI is InChI=1S/C31H30FN3O5S/c1-18-5-8-21(9-6-18)28-35-26(17-41-28)27(36)34-25(29(37)38)16-19-7-14-23(24(32)15-19)20-10-12-22(13-11-20)33-30(39)40-31(2,3)4/h5-15,17,25H,16H2,1-4H3,(H,33,39)(H,34,36)(H,37,38)/t25-/m0/s1. The SMILES string of the molecule is Cc1ccc(-c2nc(C(=O)N[C@@H](Cc3ccc(-c4ccc(NC(=O)OC(C)(C)C)cc4)c(F)c3)C(=O)O)cs2)cc1. The van der Waals surface area contributed by atoms with Gasteiger partial charge in [0.25, 0.3) is 5.91 Å². The number of nitrogens with one attached hydrogen (secondary N) is 2.